The van der Waals surface area contributed by atoms with Crippen LogP contribution in [0.25, 0.3) is 0 Å². The summed E-state index contributed by atoms with van der Waals surface area (Å²) in [5, 5.41) is 39.0. The molecule has 6 nitrogen and oxygen atoms in total. The molecule has 1 saturated heterocycles. The number of fused-ring (bicyclic) bond motifs is 1. The highest BCUT2D eigenvalue weighted by Gasteiger charge is 2.60. The van der Waals surface area contributed by atoms with E-state index in [0.717, 1.165) is 6.42 Å². The summed E-state index contributed by atoms with van der Waals surface area (Å²) in [6.45, 7) is 6.08. The van der Waals surface area contributed by atoms with Crippen LogP contribution in [0.1, 0.15) is 27.2 Å². The van der Waals surface area contributed by atoms with Crippen molar-refractivity contribution in [2.75, 3.05) is 6.61 Å². The lowest BCUT2D eigenvalue weighted by molar-refractivity contribution is -0.339. The quantitative estimate of drug-likeness (QED) is 0.538. The number of aliphatic hydroxyl groups excluding tert-OH is 4. The number of hydrogen-bond donors (Lipinski definition) is 4. The standard InChI is InChI=1S/C16H26O6/c1-7-4-5-8-14(10(7)16(8,2)3)22-15-13(20)12(19)11(18)9(6-17)21-15/h4,8-15,17-20H,5-6H2,1-3H3/t8-,9-,10+,11-,12+,13-,14-,15+/m1/s1. The van der Waals surface area contributed by atoms with Gasteiger partial charge in [-0.15, -0.1) is 0 Å². The molecular weight excluding hydrogens is 288 g/mol. The van der Waals surface area contributed by atoms with Crippen LogP contribution in [0.4, 0.5) is 0 Å². The van der Waals surface area contributed by atoms with E-state index < -0.39 is 37.3 Å². The van der Waals surface area contributed by atoms with Gasteiger partial charge in [-0.2, -0.15) is 0 Å². The Kier molecular flexibility index (Phi) is 4.12. The molecule has 0 aromatic rings. The lowest BCUT2D eigenvalue weighted by atomic mass is 9.47. The molecule has 1 heterocycles. The van der Waals surface area contributed by atoms with Crippen molar-refractivity contribution in [3.8, 4) is 0 Å². The van der Waals surface area contributed by atoms with E-state index >= 15 is 0 Å². The van der Waals surface area contributed by atoms with Crippen molar-refractivity contribution in [3.05, 3.63) is 11.6 Å². The molecule has 4 N–H and O–H groups in total. The van der Waals surface area contributed by atoms with E-state index in [1.165, 1.54) is 5.57 Å². The van der Waals surface area contributed by atoms with Crippen molar-refractivity contribution in [1.29, 1.82) is 0 Å². The molecule has 6 heteroatoms. The Morgan fingerprint density at radius 3 is 2.45 bits per heavy atom. The largest absolute Gasteiger partial charge is 0.394 e. The van der Waals surface area contributed by atoms with Crippen molar-refractivity contribution < 1.29 is 29.9 Å². The summed E-state index contributed by atoms with van der Waals surface area (Å²) in [6, 6.07) is 0. The second kappa shape index (κ2) is 5.54. The minimum atomic E-state index is -1.39. The van der Waals surface area contributed by atoms with Crippen molar-refractivity contribution in [1.82, 2.24) is 0 Å². The van der Waals surface area contributed by atoms with E-state index in [4.69, 9.17) is 9.47 Å². The molecule has 1 saturated carbocycles. The average molecular weight is 314 g/mol. The number of rotatable bonds is 3. The molecule has 8 atom stereocenters. The van der Waals surface area contributed by atoms with Gasteiger partial charge in [0.2, 0.25) is 0 Å². The summed E-state index contributed by atoms with van der Waals surface area (Å²) in [5.74, 6) is 0.604. The van der Waals surface area contributed by atoms with Crippen LogP contribution in [-0.2, 0) is 9.47 Å². The van der Waals surface area contributed by atoms with Crippen molar-refractivity contribution in [2.24, 2.45) is 17.3 Å². The van der Waals surface area contributed by atoms with Gasteiger partial charge in [-0.05, 0) is 24.7 Å². The van der Waals surface area contributed by atoms with Gasteiger partial charge in [0.1, 0.15) is 24.4 Å². The van der Waals surface area contributed by atoms with Crippen LogP contribution in [0.15, 0.2) is 11.6 Å². The predicted octanol–water partition coefficient (Wildman–Crippen LogP) is -0.206. The Balaban J connectivity index is 1.73. The van der Waals surface area contributed by atoms with E-state index in [2.05, 4.69) is 26.8 Å². The first-order chi connectivity index (χ1) is 10.3. The van der Waals surface area contributed by atoms with Crippen molar-refractivity contribution >= 4 is 0 Å². The number of ether oxygens (including phenoxy) is 2. The maximum Gasteiger partial charge on any atom is 0.187 e. The third kappa shape index (κ3) is 2.25. The maximum atomic E-state index is 10.1. The van der Waals surface area contributed by atoms with Gasteiger partial charge in [0.05, 0.1) is 12.7 Å². The molecule has 2 fully saturated rings. The predicted molar refractivity (Wildman–Crippen MR) is 77.8 cm³/mol. The fourth-order valence-corrected chi connectivity index (χ4v) is 4.42. The Hall–Kier alpha value is -0.500. The molecule has 2 bridgehead atoms. The summed E-state index contributed by atoms with van der Waals surface area (Å²) in [4.78, 5) is 0. The summed E-state index contributed by atoms with van der Waals surface area (Å²) in [7, 11) is 0. The lowest BCUT2D eigenvalue weighted by Gasteiger charge is -2.62. The minimum absolute atomic E-state index is 0.0681. The lowest BCUT2D eigenvalue weighted by Crippen LogP contribution is -2.65. The Morgan fingerprint density at radius 2 is 1.91 bits per heavy atom. The van der Waals surface area contributed by atoms with E-state index in [-0.39, 0.29) is 17.4 Å². The first-order valence-electron chi connectivity index (χ1n) is 7.91. The van der Waals surface area contributed by atoms with Crippen LogP contribution in [0.5, 0.6) is 0 Å². The first-order valence-corrected chi connectivity index (χ1v) is 7.91. The fourth-order valence-electron chi connectivity index (χ4n) is 4.42. The summed E-state index contributed by atoms with van der Waals surface area (Å²) in [5.41, 5.74) is 1.43. The molecule has 126 valence electrons. The van der Waals surface area contributed by atoms with Crippen LogP contribution < -0.4 is 0 Å². The van der Waals surface area contributed by atoms with Gasteiger partial charge in [0, 0.05) is 5.92 Å². The topological polar surface area (TPSA) is 99.4 Å². The van der Waals surface area contributed by atoms with Crippen LogP contribution in [0.2, 0.25) is 0 Å². The molecule has 0 spiro atoms. The van der Waals surface area contributed by atoms with E-state index in [0.29, 0.717) is 5.92 Å². The third-order valence-corrected chi connectivity index (χ3v) is 5.81. The second-order valence-corrected chi connectivity index (χ2v) is 7.39. The van der Waals surface area contributed by atoms with E-state index in [1.54, 1.807) is 0 Å². The maximum absolute atomic E-state index is 10.1. The highest BCUT2D eigenvalue weighted by atomic mass is 16.7. The van der Waals surface area contributed by atoms with Crippen molar-refractivity contribution in [2.45, 2.75) is 64.0 Å². The van der Waals surface area contributed by atoms with Crippen LogP contribution >= 0.6 is 0 Å². The van der Waals surface area contributed by atoms with Gasteiger partial charge in [-0.25, -0.2) is 0 Å². The van der Waals surface area contributed by atoms with Gasteiger partial charge in [0.15, 0.2) is 6.29 Å². The highest BCUT2D eigenvalue weighted by molar-refractivity contribution is 5.25. The van der Waals surface area contributed by atoms with Crippen LogP contribution in [0.3, 0.4) is 0 Å². The van der Waals surface area contributed by atoms with Gasteiger partial charge in [-0.3, -0.25) is 0 Å². The summed E-state index contributed by atoms with van der Waals surface area (Å²) in [6.07, 6.45) is -2.93. The first kappa shape index (κ1) is 16.4. The molecular formula is C16H26O6. The van der Waals surface area contributed by atoms with Gasteiger partial charge < -0.3 is 29.9 Å². The summed E-state index contributed by atoms with van der Waals surface area (Å²) < 4.78 is 11.4. The number of hydrogen-bond acceptors (Lipinski definition) is 6. The highest BCUT2D eigenvalue weighted by Crippen LogP contribution is 2.60. The molecule has 22 heavy (non-hydrogen) atoms. The monoisotopic (exact) mass is 314 g/mol. The molecule has 1 aliphatic heterocycles. The minimum Gasteiger partial charge on any atom is -0.394 e. The van der Waals surface area contributed by atoms with E-state index in [9.17, 15) is 20.4 Å². The Bertz CT molecular complexity index is 460. The normalized spacial score (nSPS) is 50.2. The Labute approximate surface area is 130 Å². The van der Waals surface area contributed by atoms with Crippen LogP contribution in [0, 0.1) is 17.3 Å². The average Bonchev–Trinajstić information content (AvgIpc) is 2.47. The van der Waals surface area contributed by atoms with Crippen LogP contribution in [-0.4, -0.2) is 63.8 Å². The molecule has 0 aromatic heterocycles. The number of aliphatic hydroxyl groups is 4. The molecule has 0 unspecified atom stereocenters. The second-order valence-electron chi connectivity index (χ2n) is 7.39. The smallest absolute Gasteiger partial charge is 0.187 e. The van der Waals surface area contributed by atoms with E-state index in [1.807, 2.05) is 0 Å². The third-order valence-electron chi connectivity index (χ3n) is 5.81. The molecule has 0 radical (unpaired) electrons. The molecule has 0 aromatic carbocycles. The zero-order valence-corrected chi connectivity index (χ0v) is 13.2. The zero-order valence-electron chi connectivity index (χ0n) is 13.2. The molecule has 4 rings (SSSR count). The SMILES string of the molecule is CC1=CC[C@@H]2[C@@H](O[C@@H]3O[C@H](CO)[C@@H](O)[C@H](O)[C@H]3O)[C@H]1C2(C)C. The molecule has 4 aliphatic rings. The zero-order chi connectivity index (χ0) is 16.2. The van der Waals surface area contributed by atoms with Gasteiger partial charge in [-0.1, -0.05) is 25.5 Å². The van der Waals surface area contributed by atoms with Crippen molar-refractivity contribution in [3.63, 3.8) is 0 Å². The van der Waals surface area contributed by atoms with Gasteiger partial charge >= 0.3 is 0 Å². The summed E-state index contributed by atoms with van der Waals surface area (Å²) >= 11 is 0. The molecule has 3 aliphatic carbocycles. The Morgan fingerprint density at radius 1 is 1.23 bits per heavy atom. The molecule has 0 amide bonds. The van der Waals surface area contributed by atoms with Gasteiger partial charge in [0.25, 0.3) is 0 Å². The number of allylic oxidation sites excluding steroid dienone is 1. The fraction of sp³-hybridized carbons (Fsp3) is 0.875.